The zero-order valence-corrected chi connectivity index (χ0v) is 10.4. The molecule has 5 N–H and O–H groups in total. The lowest BCUT2D eigenvalue weighted by Gasteiger charge is -2.10. The molecule has 0 bridgehead atoms. The Labute approximate surface area is 110 Å². The molecule has 19 heavy (non-hydrogen) atoms. The molecule has 2 aromatic carbocycles. The van der Waals surface area contributed by atoms with E-state index in [0.717, 1.165) is 5.56 Å². The summed E-state index contributed by atoms with van der Waals surface area (Å²) in [4.78, 5) is 11.2. The van der Waals surface area contributed by atoms with E-state index < -0.39 is 5.91 Å². The number of nitrogen functional groups attached to an aromatic ring is 1. The number of rotatable bonds is 3. The van der Waals surface area contributed by atoms with E-state index in [1.54, 1.807) is 24.3 Å². The molecule has 0 unspecified atom stereocenters. The molecule has 0 aromatic heterocycles. The van der Waals surface area contributed by atoms with E-state index in [0.29, 0.717) is 17.1 Å². The molecular formula is C14H14FN3O. The number of nitrogens with one attached hydrogen (secondary N) is 1. The fourth-order valence-corrected chi connectivity index (χ4v) is 1.74. The number of halogens is 1. The Kier molecular flexibility index (Phi) is 3.37. The standard InChI is InChI=1S/C14H14FN3O/c1-8-2-4-11(15)13(6-8)18-9-3-5-12(16)10(7-9)14(17)19/h2-7,18H,16H2,1H3,(H2,17,19). The molecule has 0 saturated carbocycles. The topological polar surface area (TPSA) is 81.1 Å². The Morgan fingerprint density at radius 1 is 1.21 bits per heavy atom. The molecule has 0 aliphatic carbocycles. The predicted molar refractivity (Wildman–Crippen MR) is 73.8 cm³/mol. The summed E-state index contributed by atoms with van der Waals surface area (Å²) in [6, 6.07) is 9.44. The summed E-state index contributed by atoms with van der Waals surface area (Å²) in [5.74, 6) is -0.992. The Hall–Kier alpha value is -2.56. The predicted octanol–water partition coefficient (Wildman–Crippen LogP) is 2.56. The third-order valence-corrected chi connectivity index (χ3v) is 2.72. The molecule has 0 radical (unpaired) electrons. The summed E-state index contributed by atoms with van der Waals surface area (Å²) < 4.78 is 13.6. The molecule has 1 amide bonds. The van der Waals surface area contributed by atoms with E-state index in [4.69, 9.17) is 11.5 Å². The highest BCUT2D eigenvalue weighted by Gasteiger charge is 2.08. The maximum absolute atomic E-state index is 13.6. The van der Waals surface area contributed by atoms with Crippen molar-refractivity contribution < 1.29 is 9.18 Å². The number of amides is 1. The minimum absolute atomic E-state index is 0.207. The van der Waals surface area contributed by atoms with Crippen molar-refractivity contribution in [1.29, 1.82) is 0 Å². The molecule has 0 spiro atoms. The number of aryl methyl sites for hydroxylation is 1. The Morgan fingerprint density at radius 3 is 2.63 bits per heavy atom. The van der Waals surface area contributed by atoms with Crippen LogP contribution in [0.1, 0.15) is 15.9 Å². The number of benzene rings is 2. The Balaban J connectivity index is 2.36. The van der Waals surface area contributed by atoms with Crippen molar-refractivity contribution in [2.75, 3.05) is 11.1 Å². The minimum atomic E-state index is -0.620. The van der Waals surface area contributed by atoms with Gasteiger partial charge in [-0.15, -0.1) is 0 Å². The molecule has 98 valence electrons. The minimum Gasteiger partial charge on any atom is -0.398 e. The van der Waals surface area contributed by atoms with E-state index in [2.05, 4.69) is 5.32 Å². The Bertz CT molecular complexity index is 641. The van der Waals surface area contributed by atoms with Gasteiger partial charge in [0.2, 0.25) is 0 Å². The van der Waals surface area contributed by atoms with Crippen LogP contribution >= 0.6 is 0 Å². The summed E-state index contributed by atoms with van der Waals surface area (Å²) in [7, 11) is 0. The van der Waals surface area contributed by atoms with Gasteiger partial charge in [0.1, 0.15) is 5.82 Å². The van der Waals surface area contributed by atoms with Crippen molar-refractivity contribution in [3.8, 4) is 0 Å². The van der Waals surface area contributed by atoms with Crippen molar-refractivity contribution >= 4 is 23.0 Å². The summed E-state index contributed by atoms with van der Waals surface area (Å²) in [5.41, 5.74) is 13.2. The van der Waals surface area contributed by atoms with Crippen LogP contribution in [-0.4, -0.2) is 5.91 Å². The maximum Gasteiger partial charge on any atom is 0.250 e. The average Bonchev–Trinajstić information content (AvgIpc) is 2.36. The molecule has 2 aromatic rings. The molecule has 4 nitrogen and oxygen atoms in total. The number of anilines is 3. The Morgan fingerprint density at radius 2 is 1.95 bits per heavy atom. The zero-order valence-electron chi connectivity index (χ0n) is 10.4. The zero-order chi connectivity index (χ0) is 14.0. The number of hydrogen-bond acceptors (Lipinski definition) is 3. The van der Waals surface area contributed by atoms with Gasteiger partial charge < -0.3 is 16.8 Å². The van der Waals surface area contributed by atoms with Gasteiger partial charge in [0.05, 0.1) is 11.3 Å². The van der Waals surface area contributed by atoms with Crippen LogP contribution in [0.5, 0.6) is 0 Å². The fourth-order valence-electron chi connectivity index (χ4n) is 1.74. The van der Waals surface area contributed by atoms with Gasteiger partial charge in [0, 0.05) is 11.4 Å². The second kappa shape index (κ2) is 4.97. The third kappa shape index (κ3) is 2.82. The fraction of sp³-hybridized carbons (Fsp3) is 0.0714. The molecule has 0 heterocycles. The first-order valence-electron chi connectivity index (χ1n) is 5.70. The van der Waals surface area contributed by atoms with Crippen LogP contribution in [0.25, 0.3) is 0 Å². The van der Waals surface area contributed by atoms with Crippen molar-refractivity contribution in [3.63, 3.8) is 0 Å². The largest absolute Gasteiger partial charge is 0.398 e. The van der Waals surface area contributed by atoms with Crippen LogP contribution in [0.15, 0.2) is 36.4 Å². The molecule has 0 atom stereocenters. The molecular weight excluding hydrogens is 245 g/mol. The van der Waals surface area contributed by atoms with Gasteiger partial charge in [-0.3, -0.25) is 4.79 Å². The summed E-state index contributed by atoms with van der Waals surface area (Å²) >= 11 is 0. The second-order valence-corrected chi connectivity index (χ2v) is 4.27. The van der Waals surface area contributed by atoms with Crippen molar-refractivity contribution in [3.05, 3.63) is 53.3 Å². The quantitative estimate of drug-likeness (QED) is 0.741. The molecule has 0 aliphatic heterocycles. The number of primary amides is 1. The van der Waals surface area contributed by atoms with Crippen molar-refractivity contribution in [2.45, 2.75) is 6.92 Å². The molecule has 0 saturated heterocycles. The highest BCUT2D eigenvalue weighted by molar-refractivity contribution is 5.99. The van der Waals surface area contributed by atoms with Gasteiger partial charge in [-0.05, 0) is 42.8 Å². The first kappa shape index (κ1) is 12.9. The van der Waals surface area contributed by atoms with Crippen LogP contribution in [0, 0.1) is 12.7 Å². The van der Waals surface area contributed by atoms with Gasteiger partial charge >= 0.3 is 0 Å². The second-order valence-electron chi connectivity index (χ2n) is 4.27. The van der Waals surface area contributed by atoms with E-state index in [1.165, 1.54) is 12.1 Å². The molecule has 2 rings (SSSR count). The van der Waals surface area contributed by atoms with Gasteiger partial charge in [0.15, 0.2) is 0 Å². The normalized spacial score (nSPS) is 10.2. The van der Waals surface area contributed by atoms with E-state index in [1.807, 2.05) is 6.92 Å². The first-order valence-corrected chi connectivity index (χ1v) is 5.70. The SMILES string of the molecule is Cc1ccc(F)c(Nc2ccc(N)c(C(N)=O)c2)c1. The monoisotopic (exact) mass is 259 g/mol. The maximum atomic E-state index is 13.6. The van der Waals surface area contributed by atoms with Crippen LogP contribution in [0.3, 0.4) is 0 Å². The van der Waals surface area contributed by atoms with Gasteiger partial charge in [-0.25, -0.2) is 4.39 Å². The number of nitrogens with two attached hydrogens (primary N) is 2. The highest BCUT2D eigenvalue weighted by Crippen LogP contribution is 2.24. The third-order valence-electron chi connectivity index (χ3n) is 2.72. The summed E-state index contributed by atoms with van der Waals surface area (Å²) in [5, 5.41) is 2.90. The van der Waals surface area contributed by atoms with Crippen molar-refractivity contribution in [1.82, 2.24) is 0 Å². The van der Waals surface area contributed by atoms with Crippen LogP contribution in [0.4, 0.5) is 21.5 Å². The molecule has 0 aliphatic rings. The van der Waals surface area contributed by atoms with Crippen LogP contribution < -0.4 is 16.8 Å². The van der Waals surface area contributed by atoms with E-state index in [-0.39, 0.29) is 11.4 Å². The lowest BCUT2D eigenvalue weighted by atomic mass is 10.1. The van der Waals surface area contributed by atoms with Gasteiger partial charge in [0.25, 0.3) is 5.91 Å². The summed E-state index contributed by atoms with van der Waals surface area (Å²) in [6.07, 6.45) is 0. The first-order chi connectivity index (χ1) is 8.97. The number of hydrogen-bond donors (Lipinski definition) is 3. The number of carbonyl (C=O) groups excluding carboxylic acids is 1. The van der Waals surface area contributed by atoms with Gasteiger partial charge in [-0.2, -0.15) is 0 Å². The highest BCUT2D eigenvalue weighted by atomic mass is 19.1. The lowest BCUT2D eigenvalue weighted by Crippen LogP contribution is -2.13. The van der Waals surface area contributed by atoms with E-state index in [9.17, 15) is 9.18 Å². The van der Waals surface area contributed by atoms with Crippen LogP contribution in [-0.2, 0) is 0 Å². The summed E-state index contributed by atoms with van der Waals surface area (Å²) in [6.45, 7) is 1.86. The molecule has 5 heteroatoms. The average molecular weight is 259 g/mol. The van der Waals surface area contributed by atoms with Crippen molar-refractivity contribution in [2.24, 2.45) is 5.73 Å². The van der Waals surface area contributed by atoms with E-state index >= 15 is 0 Å². The lowest BCUT2D eigenvalue weighted by molar-refractivity contribution is 0.100. The van der Waals surface area contributed by atoms with Crippen LogP contribution in [0.2, 0.25) is 0 Å². The molecule has 0 fully saturated rings. The number of carbonyl (C=O) groups is 1. The smallest absolute Gasteiger partial charge is 0.250 e. The van der Waals surface area contributed by atoms with Gasteiger partial charge in [-0.1, -0.05) is 6.07 Å².